The summed E-state index contributed by atoms with van der Waals surface area (Å²) < 4.78 is 0. The summed E-state index contributed by atoms with van der Waals surface area (Å²) in [5, 5.41) is 13.5. The van der Waals surface area contributed by atoms with Gasteiger partial charge in [-0.15, -0.1) is 0 Å². The van der Waals surface area contributed by atoms with Gasteiger partial charge in [-0.3, -0.25) is 10.0 Å². The van der Waals surface area contributed by atoms with Crippen LogP contribution in [0.1, 0.15) is 0 Å². The fourth-order valence-corrected chi connectivity index (χ4v) is 1.03. The molecule has 0 aliphatic heterocycles. The number of anilines is 1. The minimum Gasteiger partial charge on any atom is -0.329 e. The fourth-order valence-electron chi connectivity index (χ4n) is 0.909. The maximum Gasteiger partial charge on any atom is 0.319 e. The highest BCUT2D eigenvalue weighted by molar-refractivity contribution is 6.30. The molecule has 0 spiro atoms. The van der Waals surface area contributed by atoms with Crippen LogP contribution in [-0.4, -0.2) is 23.7 Å². The molecule has 1 aromatic rings. The number of hydrogen-bond acceptors (Lipinski definition) is 3. The summed E-state index contributed by atoms with van der Waals surface area (Å²) >= 11 is 5.66. The lowest BCUT2D eigenvalue weighted by atomic mass is 10.3. The summed E-state index contributed by atoms with van der Waals surface area (Å²) in [6.45, 7) is -0.310. The van der Waals surface area contributed by atoms with Crippen LogP contribution in [0.5, 0.6) is 0 Å². The molecule has 0 bridgehead atoms. The van der Waals surface area contributed by atoms with E-state index in [9.17, 15) is 9.59 Å². The molecule has 6 nitrogen and oxygen atoms in total. The number of nitrogens with one attached hydrogen (secondary N) is 3. The van der Waals surface area contributed by atoms with Gasteiger partial charge in [0.15, 0.2) is 0 Å². The van der Waals surface area contributed by atoms with Crippen molar-refractivity contribution in [1.82, 2.24) is 10.8 Å². The Bertz CT molecular complexity index is 380. The summed E-state index contributed by atoms with van der Waals surface area (Å²) in [5.74, 6) is -0.703. The average molecular weight is 244 g/mol. The second kappa shape index (κ2) is 5.94. The summed E-state index contributed by atoms with van der Waals surface area (Å²) in [6, 6.07) is 5.93. The van der Waals surface area contributed by atoms with E-state index in [4.69, 9.17) is 16.8 Å². The van der Waals surface area contributed by atoms with Crippen molar-refractivity contribution in [3.8, 4) is 0 Å². The van der Waals surface area contributed by atoms with Gasteiger partial charge >= 0.3 is 6.03 Å². The number of benzene rings is 1. The zero-order valence-corrected chi connectivity index (χ0v) is 8.91. The number of halogens is 1. The van der Waals surface area contributed by atoms with E-state index in [2.05, 4.69) is 10.6 Å². The molecule has 0 atom stereocenters. The molecule has 0 aromatic heterocycles. The van der Waals surface area contributed by atoms with Gasteiger partial charge in [-0.1, -0.05) is 11.6 Å². The predicted octanol–water partition coefficient (Wildman–Crippen LogP) is 0.967. The Morgan fingerprint density at radius 3 is 2.44 bits per heavy atom. The minimum atomic E-state index is -0.703. The van der Waals surface area contributed by atoms with Gasteiger partial charge < -0.3 is 10.6 Å². The van der Waals surface area contributed by atoms with Crippen LogP contribution >= 0.6 is 11.6 Å². The van der Waals surface area contributed by atoms with Crippen LogP contribution in [0.15, 0.2) is 24.3 Å². The molecule has 1 aromatic carbocycles. The van der Waals surface area contributed by atoms with Gasteiger partial charge in [0.1, 0.15) is 6.54 Å². The molecule has 1 rings (SSSR count). The lowest BCUT2D eigenvalue weighted by molar-refractivity contribution is -0.128. The van der Waals surface area contributed by atoms with Crippen molar-refractivity contribution in [3.63, 3.8) is 0 Å². The van der Waals surface area contributed by atoms with Gasteiger partial charge in [0, 0.05) is 10.7 Å². The van der Waals surface area contributed by atoms with Gasteiger partial charge in [0.2, 0.25) is 0 Å². The smallest absolute Gasteiger partial charge is 0.319 e. The first kappa shape index (κ1) is 12.3. The molecule has 0 aliphatic rings. The first-order valence-corrected chi connectivity index (χ1v) is 4.73. The minimum absolute atomic E-state index is 0.310. The van der Waals surface area contributed by atoms with Crippen molar-refractivity contribution in [3.05, 3.63) is 29.3 Å². The zero-order chi connectivity index (χ0) is 12.0. The fraction of sp³-hybridized carbons (Fsp3) is 0.111. The van der Waals surface area contributed by atoms with Gasteiger partial charge in [0.05, 0.1) is 0 Å². The van der Waals surface area contributed by atoms with Crippen LogP contribution in [0.2, 0.25) is 5.02 Å². The molecule has 0 saturated carbocycles. The second-order valence-electron chi connectivity index (χ2n) is 2.85. The molecule has 7 heteroatoms. The molecular formula is C9H10ClN3O3. The summed E-state index contributed by atoms with van der Waals surface area (Å²) in [4.78, 5) is 21.8. The highest BCUT2D eigenvalue weighted by Crippen LogP contribution is 2.12. The topological polar surface area (TPSA) is 90.5 Å². The van der Waals surface area contributed by atoms with E-state index in [0.29, 0.717) is 10.7 Å². The number of hydrogen-bond donors (Lipinski definition) is 4. The van der Waals surface area contributed by atoms with Crippen molar-refractivity contribution >= 4 is 29.2 Å². The maximum atomic E-state index is 11.2. The normalized spacial score (nSPS) is 9.38. The van der Waals surface area contributed by atoms with E-state index in [1.54, 1.807) is 24.3 Å². The Kier molecular flexibility index (Phi) is 4.56. The molecule has 16 heavy (non-hydrogen) atoms. The number of urea groups is 1. The summed E-state index contributed by atoms with van der Waals surface area (Å²) in [7, 11) is 0. The molecule has 3 amide bonds. The Morgan fingerprint density at radius 1 is 1.25 bits per heavy atom. The molecule has 86 valence electrons. The van der Waals surface area contributed by atoms with E-state index in [-0.39, 0.29) is 6.54 Å². The molecule has 0 fully saturated rings. The number of amides is 3. The van der Waals surface area contributed by atoms with Crippen molar-refractivity contribution in [2.75, 3.05) is 11.9 Å². The standard InChI is InChI=1S/C9H10ClN3O3/c10-6-1-3-7(4-2-6)12-9(15)11-5-8(14)13-16/h1-4,16H,5H2,(H,13,14)(H2,11,12,15). The van der Waals surface area contributed by atoms with E-state index in [1.165, 1.54) is 5.48 Å². The van der Waals surface area contributed by atoms with E-state index < -0.39 is 11.9 Å². The van der Waals surface area contributed by atoms with Gasteiger partial charge in [-0.2, -0.15) is 0 Å². The summed E-state index contributed by atoms with van der Waals surface area (Å²) in [6.07, 6.45) is 0. The lowest BCUT2D eigenvalue weighted by Crippen LogP contribution is -2.37. The van der Waals surface area contributed by atoms with Crippen molar-refractivity contribution in [2.24, 2.45) is 0 Å². The Labute approximate surface area is 96.6 Å². The molecule has 0 radical (unpaired) electrons. The number of hydroxylamine groups is 1. The highest BCUT2D eigenvalue weighted by atomic mass is 35.5. The quantitative estimate of drug-likeness (QED) is 0.471. The predicted molar refractivity (Wildman–Crippen MR) is 58.4 cm³/mol. The SMILES string of the molecule is O=C(CNC(=O)Nc1ccc(Cl)cc1)NO. The Balaban J connectivity index is 2.40. The first-order chi connectivity index (χ1) is 7.61. The molecule has 0 aliphatic carbocycles. The number of carbonyl (C=O) groups excluding carboxylic acids is 2. The van der Waals surface area contributed by atoms with Crippen LogP contribution in [0.4, 0.5) is 10.5 Å². The van der Waals surface area contributed by atoms with Crippen molar-refractivity contribution < 1.29 is 14.8 Å². The Hall–Kier alpha value is -1.79. The lowest BCUT2D eigenvalue weighted by Gasteiger charge is -2.06. The average Bonchev–Trinajstić information content (AvgIpc) is 2.29. The molecule has 0 saturated heterocycles. The maximum absolute atomic E-state index is 11.2. The first-order valence-electron chi connectivity index (χ1n) is 4.35. The van der Waals surface area contributed by atoms with Gasteiger partial charge in [-0.05, 0) is 24.3 Å². The van der Waals surface area contributed by atoms with Crippen LogP contribution in [0.3, 0.4) is 0 Å². The summed E-state index contributed by atoms with van der Waals surface area (Å²) in [5.41, 5.74) is 1.94. The van der Waals surface area contributed by atoms with Crippen molar-refractivity contribution in [2.45, 2.75) is 0 Å². The Morgan fingerprint density at radius 2 is 1.88 bits per heavy atom. The van der Waals surface area contributed by atoms with Crippen molar-refractivity contribution in [1.29, 1.82) is 0 Å². The van der Waals surface area contributed by atoms with Crippen LogP contribution in [-0.2, 0) is 4.79 Å². The van der Waals surface area contributed by atoms with Gasteiger partial charge in [-0.25, -0.2) is 10.3 Å². The number of rotatable bonds is 3. The largest absolute Gasteiger partial charge is 0.329 e. The molecule has 0 heterocycles. The van der Waals surface area contributed by atoms with Crippen LogP contribution < -0.4 is 16.1 Å². The third-order valence-electron chi connectivity index (χ3n) is 1.64. The van der Waals surface area contributed by atoms with Gasteiger partial charge in [0.25, 0.3) is 5.91 Å². The van der Waals surface area contributed by atoms with Crippen LogP contribution in [0, 0.1) is 0 Å². The zero-order valence-electron chi connectivity index (χ0n) is 8.16. The van der Waals surface area contributed by atoms with E-state index in [0.717, 1.165) is 0 Å². The third kappa shape index (κ3) is 4.16. The second-order valence-corrected chi connectivity index (χ2v) is 3.29. The molecular weight excluding hydrogens is 234 g/mol. The van der Waals surface area contributed by atoms with E-state index in [1.807, 2.05) is 0 Å². The molecule has 0 unspecified atom stereocenters. The van der Waals surface area contributed by atoms with E-state index >= 15 is 0 Å². The van der Waals surface area contributed by atoms with Crippen LogP contribution in [0.25, 0.3) is 0 Å². The monoisotopic (exact) mass is 243 g/mol. The third-order valence-corrected chi connectivity index (χ3v) is 1.89. The highest BCUT2D eigenvalue weighted by Gasteiger charge is 2.04. The molecule has 4 N–H and O–H groups in total. The number of carbonyl (C=O) groups is 2.